The molecule has 0 spiro atoms. The number of para-hydroxylation sites is 1. The van der Waals surface area contributed by atoms with E-state index in [9.17, 15) is 14.4 Å². The molecule has 22 N–H and O–H groups in total. The number of hydrogen-bond acceptors (Lipinski definition) is 18. The number of nitrogens with two attached hydrogens (primary N) is 11. The van der Waals surface area contributed by atoms with Gasteiger partial charge in [-0.1, -0.05) is 162 Å². The van der Waals surface area contributed by atoms with Crippen LogP contribution in [0.1, 0.15) is 172 Å². The van der Waals surface area contributed by atoms with E-state index in [0.29, 0.717) is 64.9 Å². The van der Waals surface area contributed by atoms with Gasteiger partial charge in [0, 0.05) is 43.0 Å². The average Bonchev–Trinajstić information content (AvgIpc) is 4.13. The van der Waals surface area contributed by atoms with Crippen molar-refractivity contribution in [2.75, 3.05) is 70.6 Å². The fraction of sp³-hybridized carbons (Fsp3) is 0.535. The fourth-order valence-electron chi connectivity index (χ4n) is 8.09. The second kappa shape index (κ2) is 67.5. The van der Waals surface area contributed by atoms with Gasteiger partial charge in [-0.25, -0.2) is 0 Å². The van der Waals surface area contributed by atoms with E-state index in [1.165, 1.54) is 92.9 Å². The number of carbonyl (C=O) groups excluding carboxylic acids is 3. The number of ether oxygens (including phenoxy) is 3. The van der Waals surface area contributed by atoms with Gasteiger partial charge in [-0.15, -0.1) is 6.58 Å². The van der Waals surface area contributed by atoms with Gasteiger partial charge < -0.3 is 81.7 Å². The Morgan fingerprint density at radius 3 is 1.44 bits per heavy atom. The molecule has 5 aromatic rings. The highest BCUT2D eigenvalue weighted by Gasteiger charge is 2.16. The lowest BCUT2D eigenvalue weighted by Crippen LogP contribution is -2.27. The minimum Gasteiger partial charge on any atom is -0.468 e. The summed E-state index contributed by atoms with van der Waals surface area (Å²) < 4.78 is 18.5. The molecular weight excluding hydrogens is 1120 g/mol. The first kappa shape index (κ1) is 89.0. The number of anilines is 2. The van der Waals surface area contributed by atoms with E-state index in [2.05, 4.69) is 65.8 Å². The summed E-state index contributed by atoms with van der Waals surface area (Å²) in [5.74, 6) is 1.93. The highest BCUT2D eigenvalue weighted by atomic mass is 16.5. The SMILES string of the molecule is C=CCN.CC(N)C1CCCCC1.CC(N)c1ccccc1.CCOC(=O)CCCN.CCOC(=O)CCN.CCOC(=O)CN.CCc1cccc(N)c1.CCc1ccccc1N.NCCC1CCCCC1.NCCc1ccccc1.NCc1ccco1. The van der Waals surface area contributed by atoms with Crippen LogP contribution in [0.5, 0.6) is 0 Å². The Bertz CT molecular complexity index is 2270. The normalized spacial score (nSPS) is 12.4. The van der Waals surface area contributed by atoms with Crippen LogP contribution in [0, 0.1) is 11.8 Å². The van der Waals surface area contributed by atoms with Crippen molar-refractivity contribution >= 4 is 29.3 Å². The van der Waals surface area contributed by atoms with Crippen molar-refractivity contribution in [2.45, 2.75) is 176 Å². The zero-order valence-electron chi connectivity index (χ0n) is 56.0. The van der Waals surface area contributed by atoms with E-state index in [1.54, 1.807) is 33.1 Å². The standard InChI is InChI=1S/C8H17N.3C8H11N.C8H17N.C8H11N.C6H13NO2.C5H11NO2.C5H7NO.C4H9NO2.C3H7N/c2*1-7(9)8-5-3-2-4-6-8;1-2-7-4-3-5-8(9)6-7;1-2-7-5-3-4-6-8(7)9;2*9-7-6-8-4-2-1-3-5-8;1-2-9-6(8)4-3-5-7;1-2-8-5(7)3-4-6;6-4-5-2-1-3-7-5;1-2-7-4(6)3-5;1-2-3-4/h7-8H,2-6,9H2,1H3;2-7H,9H2,1H3;2*3-6H,2,9H2,1H3;8H,1-7,9H2;1-5H,6-7,9H2;2-5,7H2,1H3;2-4,6H2,1H3;1-3H,4,6H2;2-3,5H2,1H3;2H,1,3-4H2. The van der Waals surface area contributed by atoms with Crippen molar-refractivity contribution in [3.05, 3.63) is 168 Å². The van der Waals surface area contributed by atoms with Crippen molar-refractivity contribution < 1.29 is 33.0 Å². The summed E-state index contributed by atoms with van der Waals surface area (Å²) in [6, 6.07) is 40.5. The molecule has 2 saturated carbocycles. The number of carbonyl (C=O) groups is 3. The number of nitrogen functional groups attached to an aromatic ring is 2. The fourth-order valence-corrected chi connectivity index (χ4v) is 8.09. The molecule has 506 valence electrons. The maximum Gasteiger partial charge on any atom is 0.319 e. The Morgan fingerprint density at radius 2 is 1.09 bits per heavy atom. The zero-order chi connectivity index (χ0) is 67.6. The van der Waals surface area contributed by atoms with Crippen molar-refractivity contribution in [1.29, 1.82) is 0 Å². The second-order valence-corrected chi connectivity index (χ2v) is 20.6. The smallest absolute Gasteiger partial charge is 0.319 e. The van der Waals surface area contributed by atoms with Crippen LogP contribution in [0.15, 0.2) is 145 Å². The van der Waals surface area contributed by atoms with Gasteiger partial charge in [0.2, 0.25) is 0 Å². The monoisotopic (exact) mass is 1240 g/mol. The average molecular weight is 1240 g/mol. The summed E-state index contributed by atoms with van der Waals surface area (Å²) >= 11 is 0. The molecule has 1 aromatic heterocycles. The zero-order valence-corrected chi connectivity index (χ0v) is 56.0. The van der Waals surface area contributed by atoms with Crippen LogP contribution in [0.4, 0.5) is 11.4 Å². The Morgan fingerprint density at radius 1 is 0.573 bits per heavy atom. The molecule has 2 aliphatic rings. The number of benzene rings is 4. The Labute approximate surface area is 538 Å². The summed E-state index contributed by atoms with van der Waals surface area (Å²) in [6.07, 6.45) is 23.3. The molecule has 0 radical (unpaired) electrons. The Balaban J connectivity index is -0.000000448. The van der Waals surface area contributed by atoms with Crippen LogP contribution in [-0.4, -0.2) is 83.0 Å². The van der Waals surface area contributed by atoms with Gasteiger partial charge in [0.15, 0.2) is 0 Å². The molecule has 2 fully saturated rings. The first-order valence-electron chi connectivity index (χ1n) is 32.2. The molecule has 0 amide bonds. The Kier molecular flexibility index (Phi) is 67.5. The molecule has 4 aromatic carbocycles. The predicted molar refractivity (Wildman–Crippen MR) is 376 cm³/mol. The highest BCUT2D eigenvalue weighted by Crippen LogP contribution is 2.26. The first-order valence-corrected chi connectivity index (χ1v) is 32.2. The van der Waals surface area contributed by atoms with Gasteiger partial charge in [0.1, 0.15) is 5.76 Å². The minimum absolute atomic E-state index is 0.0200. The summed E-state index contributed by atoms with van der Waals surface area (Å²) in [4.78, 5) is 30.9. The van der Waals surface area contributed by atoms with Gasteiger partial charge in [-0.3, -0.25) is 14.4 Å². The lowest BCUT2D eigenvalue weighted by Gasteiger charge is -2.24. The number of hydrogen-bond donors (Lipinski definition) is 11. The van der Waals surface area contributed by atoms with Crippen LogP contribution in [0.2, 0.25) is 0 Å². The quantitative estimate of drug-likeness (QED) is 0.0158. The van der Waals surface area contributed by atoms with E-state index in [4.69, 9.17) is 67.5 Å². The topological polar surface area (TPSA) is 378 Å². The minimum atomic E-state index is -0.345. The molecule has 2 atom stereocenters. The van der Waals surface area contributed by atoms with Crippen LogP contribution in [-0.2, 0) is 54.4 Å². The Hall–Kier alpha value is -6.45. The highest BCUT2D eigenvalue weighted by molar-refractivity contribution is 5.71. The van der Waals surface area contributed by atoms with Crippen molar-refractivity contribution in [3.8, 4) is 0 Å². The van der Waals surface area contributed by atoms with E-state index in [-0.39, 0.29) is 30.5 Å². The third-order valence-electron chi connectivity index (χ3n) is 13.1. The number of esters is 3. The molecule has 1 heterocycles. The summed E-state index contributed by atoms with van der Waals surface area (Å²) in [5, 5.41) is 0. The number of rotatable bonds is 19. The lowest BCUT2D eigenvalue weighted by molar-refractivity contribution is -0.143. The van der Waals surface area contributed by atoms with Crippen LogP contribution < -0.4 is 63.1 Å². The molecular formula is C71H125N11O7. The molecule has 0 bridgehead atoms. The summed E-state index contributed by atoms with van der Waals surface area (Å²) in [6.45, 7) is 21.9. The van der Waals surface area contributed by atoms with Crippen LogP contribution in [0.25, 0.3) is 0 Å². The van der Waals surface area contributed by atoms with Crippen LogP contribution >= 0.6 is 0 Å². The van der Waals surface area contributed by atoms with Crippen molar-refractivity contribution in [3.63, 3.8) is 0 Å². The maximum absolute atomic E-state index is 10.5. The van der Waals surface area contributed by atoms with Gasteiger partial charge in [-0.05, 0) is 164 Å². The lowest BCUT2D eigenvalue weighted by atomic mass is 9.85. The van der Waals surface area contributed by atoms with E-state index < -0.39 is 0 Å². The molecule has 0 aliphatic heterocycles. The predicted octanol–water partition coefficient (Wildman–Crippen LogP) is 11.0. The molecule has 0 saturated heterocycles. The van der Waals surface area contributed by atoms with E-state index in [1.807, 2.05) is 104 Å². The van der Waals surface area contributed by atoms with Crippen molar-refractivity contribution in [2.24, 2.45) is 63.4 Å². The molecule has 18 heteroatoms. The summed E-state index contributed by atoms with van der Waals surface area (Å²) in [7, 11) is 0. The molecule has 2 unspecified atom stereocenters. The van der Waals surface area contributed by atoms with Gasteiger partial charge in [0.25, 0.3) is 0 Å². The summed E-state index contributed by atoms with van der Waals surface area (Å²) in [5.41, 5.74) is 65.4. The van der Waals surface area contributed by atoms with E-state index in [0.717, 1.165) is 67.7 Å². The largest absolute Gasteiger partial charge is 0.468 e. The molecule has 89 heavy (non-hydrogen) atoms. The number of furan rings is 1. The number of aryl methyl sites for hydroxylation is 2. The van der Waals surface area contributed by atoms with Gasteiger partial charge >= 0.3 is 17.9 Å². The van der Waals surface area contributed by atoms with Gasteiger partial charge in [-0.2, -0.15) is 0 Å². The molecule has 7 rings (SSSR count). The van der Waals surface area contributed by atoms with Crippen LogP contribution in [0.3, 0.4) is 0 Å². The van der Waals surface area contributed by atoms with Crippen molar-refractivity contribution in [1.82, 2.24) is 0 Å². The third-order valence-corrected chi connectivity index (χ3v) is 13.1. The van der Waals surface area contributed by atoms with E-state index >= 15 is 0 Å². The molecule has 2 aliphatic carbocycles. The maximum atomic E-state index is 10.5. The molecule has 18 nitrogen and oxygen atoms in total. The second-order valence-electron chi connectivity index (χ2n) is 20.6. The first-order chi connectivity index (χ1) is 42.9. The van der Waals surface area contributed by atoms with Gasteiger partial charge in [0.05, 0.1) is 45.6 Å². The third kappa shape index (κ3) is 60.2.